The molecule has 2 atom stereocenters. The minimum atomic E-state index is 0.0963. The number of aromatic nitrogens is 3. The Labute approximate surface area is 94.6 Å². The quantitative estimate of drug-likeness (QED) is 0.847. The molecule has 0 aliphatic carbocycles. The van der Waals surface area contributed by atoms with Crippen molar-refractivity contribution in [1.29, 1.82) is 0 Å². The lowest BCUT2D eigenvalue weighted by Gasteiger charge is -2.18. The number of hydrogen-bond acceptors (Lipinski definition) is 4. The van der Waals surface area contributed by atoms with E-state index in [0.29, 0.717) is 5.25 Å². The number of nitrogens with two attached hydrogens (primary N) is 1. The largest absolute Gasteiger partial charge is 0.322 e. The molecule has 1 saturated heterocycles. The van der Waals surface area contributed by atoms with Gasteiger partial charge in [0.25, 0.3) is 0 Å². The fraction of sp³-hybridized carbons (Fsp3) is 0.800. The van der Waals surface area contributed by atoms with Gasteiger partial charge in [-0.2, -0.15) is 11.8 Å². The Bertz CT molecular complexity index is 306. The molecule has 0 aromatic carbocycles. The highest BCUT2D eigenvalue weighted by molar-refractivity contribution is 8.00. The second kappa shape index (κ2) is 4.99. The van der Waals surface area contributed by atoms with Crippen molar-refractivity contribution in [3.05, 3.63) is 11.9 Å². The van der Waals surface area contributed by atoms with E-state index in [9.17, 15) is 0 Å². The normalized spacial score (nSPS) is 23.2. The molecule has 0 amide bonds. The molecule has 15 heavy (non-hydrogen) atoms. The SMILES string of the molecule is CCCn1nncc1C(N)C1CCCS1. The topological polar surface area (TPSA) is 56.7 Å². The highest BCUT2D eigenvalue weighted by Crippen LogP contribution is 2.34. The highest BCUT2D eigenvalue weighted by Gasteiger charge is 2.26. The minimum absolute atomic E-state index is 0.0963. The first kappa shape index (κ1) is 11.0. The Hall–Kier alpha value is -0.550. The van der Waals surface area contributed by atoms with Crippen molar-refractivity contribution >= 4 is 11.8 Å². The standard InChI is InChI=1S/C10H18N4S/c1-2-5-14-8(7-12-13-14)10(11)9-4-3-6-15-9/h7,9-10H,2-6,11H2,1H3. The van der Waals surface area contributed by atoms with Crippen LogP contribution in [0, 0.1) is 0 Å². The van der Waals surface area contributed by atoms with Gasteiger partial charge in [-0.15, -0.1) is 5.10 Å². The third-order valence-corrected chi connectivity index (χ3v) is 4.27. The van der Waals surface area contributed by atoms with Crippen LogP contribution in [0.1, 0.15) is 37.9 Å². The monoisotopic (exact) mass is 226 g/mol. The van der Waals surface area contributed by atoms with Crippen LogP contribution in [0.3, 0.4) is 0 Å². The maximum absolute atomic E-state index is 6.25. The van der Waals surface area contributed by atoms with Crippen molar-refractivity contribution in [3.63, 3.8) is 0 Å². The Morgan fingerprint density at radius 1 is 1.73 bits per heavy atom. The molecule has 1 fully saturated rings. The van der Waals surface area contributed by atoms with Crippen LogP contribution in [-0.2, 0) is 6.54 Å². The minimum Gasteiger partial charge on any atom is -0.322 e. The molecule has 5 heteroatoms. The summed E-state index contributed by atoms with van der Waals surface area (Å²) in [5, 5.41) is 8.59. The molecule has 4 nitrogen and oxygen atoms in total. The molecular weight excluding hydrogens is 208 g/mol. The van der Waals surface area contributed by atoms with Crippen molar-refractivity contribution in [2.75, 3.05) is 5.75 Å². The van der Waals surface area contributed by atoms with Gasteiger partial charge in [-0.1, -0.05) is 12.1 Å². The molecule has 0 radical (unpaired) electrons. The van der Waals surface area contributed by atoms with Gasteiger partial charge >= 0.3 is 0 Å². The highest BCUT2D eigenvalue weighted by atomic mass is 32.2. The van der Waals surface area contributed by atoms with E-state index in [4.69, 9.17) is 5.73 Å². The predicted molar refractivity (Wildman–Crippen MR) is 62.7 cm³/mol. The number of rotatable bonds is 4. The van der Waals surface area contributed by atoms with Crippen molar-refractivity contribution in [2.24, 2.45) is 5.73 Å². The van der Waals surface area contributed by atoms with E-state index in [1.807, 2.05) is 22.6 Å². The predicted octanol–water partition coefficient (Wildman–Crippen LogP) is 1.58. The van der Waals surface area contributed by atoms with E-state index >= 15 is 0 Å². The van der Waals surface area contributed by atoms with E-state index in [0.717, 1.165) is 18.7 Å². The Balaban J connectivity index is 2.09. The lowest BCUT2D eigenvalue weighted by molar-refractivity contribution is 0.515. The fourth-order valence-electron chi connectivity index (χ4n) is 1.99. The zero-order valence-electron chi connectivity index (χ0n) is 9.09. The van der Waals surface area contributed by atoms with E-state index in [1.165, 1.54) is 18.6 Å². The number of aryl methyl sites for hydroxylation is 1. The summed E-state index contributed by atoms with van der Waals surface area (Å²) >= 11 is 1.98. The van der Waals surface area contributed by atoms with Crippen molar-refractivity contribution < 1.29 is 0 Å². The number of nitrogens with zero attached hydrogens (tertiary/aromatic N) is 3. The lowest BCUT2D eigenvalue weighted by Crippen LogP contribution is -2.25. The van der Waals surface area contributed by atoms with Gasteiger partial charge < -0.3 is 5.73 Å². The molecular formula is C10H18N4S. The summed E-state index contributed by atoms with van der Waals surface area (Å²) in [6.07, 6.45) is 5.40. The van der Waals surface area contributed by atoms with Crippen LogP contribution in [0.25, 0.3) is 0 Å². The molecule has 1 aromatic heterocycles. The second-order valence-corrected chi connectivity index (χ2v) is 5.31. The van der Waals surface area contributed by atoms with E-state index in [2.05, 4.69) is 17.2 Å². The summed E-state index contributed by atoms with van der Waals surface area (Å²) in [6, 6.07) is 0.0963. The van der Waals surface area contributed by atoms with Crippen LogP contribution in [0.5, 0.6) is 0 Å². The van der Waals surface area contributed by atoms with Crippen molar-refractivity contribution in [3.8, 4) is 0 Å². The first-order valence-electron chi connectivity index (χ1n) is 5.58. The molecule has 84 valence electrons. The molecule has 1 aliphatic heterocycles. The summed E-state index contributed by atoms with van der Waals surface area (Å²) < 4.78 is 1.95. The van der Waals surface area contributed by atoms with E-state index in [-0.39, 0.29) is 6.04 Å². The molecule has 2 unspecified atom stereocenters. The van der Waals surface area contributed by atoms with Gasteiger partial charge in [0.05, 0.1) is 17.9 Å². The fourth-order valence-corrected chi connectivity index (χ4v) is 3.30. The van der Waals surface area contributed by atoms with Gasteiger partial charge in [-0.05, 0) is 25.0 Å². The third-order valence-electron chi connectivity index (χ3n) is 2.79. The van der Waals surface area contributed by atoms with Crippen LogP contribution in [0.4, 0.5) is 0 Å². The van der Waals surface area contributed by atoms with E-state index < -0.39 is 0 Å². The summed E-state index contributed by atoms with van der Waals surface area (Å²) in [5.74, 6) is 1.24. The molecule has 2 N–H and O–H groups in total. The summed E-state index contributed by atoms with van der Waals surface area (Å²) in [5.41, 5.74) is 7.35. The average molecular weight is 226 g/mol. The Morgan fingerprint density at radius 3 is 3.27 bits per heavy atom. The Morgan fingerprint density at radius 2 is 2.60 bits per heavy atom. The molecule has 0 spiro atoms. The number of thioether (sulfide) groups is 1. The zero-order valence-corrected chi connectivity index (χ0v) is 9.91. The maximum atomic E-state index is 6.25. The van der Waals surface area contributed by atoms with Crippen LogP contribution in [0.2, 0.25) is 0 Å². The van der Waals surface area contributed by atoms with Crippen LogP contribution < -0.4 is 5.73 Å². The molecule has 2 rings (SSSR count). The molecule has 1 aliphatic rings. The molecule has 2 heterocycles. The summed E-state index contributed by atoms with van der Waals surface area (Å²) in [4.78, 5) is 0. The Kier molecular flexibility index (Phi) is 3.64. The number of hydrogen-bond donors (Lipinski definition) is 1. The van der Waals surface area contributed by atoms with Crippen molar-refractivity contribution in [1.82, 2.24) is 15.0 Å². The van der Waals surface area contributed by atoms with Crippen LogP contribution >= 0.6 is 11.8 Å². The summed E-state index contributed by atoms with van der Waals surface area (Å²) in [7, 11) is 0. The maximum Gasteiger partial charge on any atom is 0.0765 e. The van der Waals surface area contributed by atoms with Gasteiger partial charge in [-0.25, -0.2) is 4.68 Å². The van der Waals surface area contributed by atoms with Gasteiger partial charge in [0.15, 0.2) is 0 Å². The van der Waals surface area contributed by atoms with Crippen LogP contribution in [-0.4, -0.2) is 26.0 Å². The third kappa shape index (κ3) is 2.34. The zero-order chi connectivity index (χ0) is 10.7. The first-order chi connectivity index (χ1) is 7.33. The molecule has 0 bridgehead atoms. The molecule has 1 aromatic rings. The van der Waals surface area contributed by atoms with Gasteiger partial charge in [-0.3, -0.25) is 0 Å². The van der Waals surface area contributed by atoms with Gasteiger partial charge in [0.1, 0.15) is 0 Å². The first-order valence-corrected chi connectivity index (χ1v) is 6.63. The van der Waals surface area contributed by atoms with Gasteiger partial charge in [0, 0.05) is 11.8 Å². The smallest absolute Gasteiger partial charge is 0.0765 e. The van der Waals surface area contributed by atoms with Crippen molar-refractivity contribution in [2.45, 2.75) is 44.0 Å². The average Bonchev–Trinajstić information content (AvgIpc) is 2.87. The van der Waals surface area contributed by atoms with Gasteiger partial charge in [0.2, 0.25) is 0 Å². The van der Waals surface area contributed by atoms with Crippen LogP contribution in [0.15, 0.2) is 6.20 Å². The molecule has 0 saturated carbocycles. The lowest BCUT2D eigenvalue weighted by atomic mass is 10.1. The van der Waals surface area contributed by atoms with E-state index in [1.54, 1.807) is 0 Å². The summed E-state index contributed by atoms with van der Waals surface area (Å²) in [6.45, 7) is 3.06. The second-order valence-electron chi connectivity index (χ2n) is 3.96.